The maximum atomic E-state index is 13.0. The molecule has 1 unspecified atom stereocenters. The smallest absolute Gasteiger partial charge is 0.416 e. The van der Waals surface area contributed by atoms with Gasteiger partial charge in [-0.15, -0.1) is 0 Å². The third kappa shape index (κ3) is 7.13. The summed E-state index contributed by atoms with van der Waals surface area (Å²) in [5.41, 5.74) is 0.861. The molecule has 202 valence electrons. The van der Waals surface area contributed by atoms with E-state index in [0.29, 0.717) is 22.5 Å². The summed E-state index contributed by atoms with van der Waals surface area (Å²) in [6.07, 6.45) is -1.33. The number of hydrogen-bond acceptors (Lipinski definition) is 8. The largest absolute Gasteiger partial charge is 0.456 e. The molecule has 4 aromatic rings. The highest BCUT2D eigenvalue weighted by atomic mass is 35.5. The van der Waals surface area contributed by atoms with Crippen molar-refractivity contribution in [3.8, 4) is 11.5 Å². The number of sulfone groups is 1. The molecule has 14 heteroatoms. The van der Waals surface area contributed by atoms with Crippen LogP contribution in [0, 0.1) is 0 Å². The molecular formula is C24H23ClF3N5O4S. The maximum absolute atomic E-state index is 13.0. The van der Waals surface area contributed by atoms with Crippen LogP contribution in [0.2, 0.25) is 5.02 Å². The van der Waals surface area contributed by atoms with Gasteiger partial charge in [-0.3, -0.25) is 5.32 Å². The number of rotatable bonds is 10. The molecule has 4 rings (SSSR count). The molecule has 2 aromatic carbocycles. The van der Waals surface area contributed by atoms with Gasteiger partial charge in [0.2, 0.25) is 0 Å². The van der Waals surface area contributed by atoms with Crippen LogP contribution in [0.5, 0.6) is 11.5 Å². The van der Waals surface area contributed by atoms with Gasteiger partial charge in [0.25, 0.3) is 0 Å². The lowest BCUT2D eigenvalue weighted by molar-refractivity contribution is -0.137. The molecule has 0 saturated carbocycles. The number of fused-ring (bicyclic) bond motifs is 1. The van der Waals surface area contributed by atoms with E-state index >= 15 is 0 Å². The zero-order valence-corrected chi connectivity index (χ0v) is 21.5. The van der Waals surface area contributed by atoms with Gasteiger partial charge >= 0.3 is 6.18 Å². The van der Waals surface area contributed by atoms with Gasteiger partial charge in [0.1, 0.15) is 39.4 Å². The van der Waals surface area contributed by atoms with Gasteiger partial charge in [0.05, 0.1) is 28.4 Å². The van der Waals surface area contributed by atoms with E-state index in [2.05, 4.69) is 20.6 Å². The van der Waals surface area contributed by atoms with Crippen molar-refractivity contribution in [1.29, 1.82) is 0 Å². The molecule has 2 aromatic heterocycles. The molecule has 0 fully saturated rings. The Morgan fingerprint density at radius 2 is 1.95 bits per heavy atom. The minimum Gasteiger partial charge on any atom is -0.456 e. The highest BCUT2D eigenvalue weighted by Crippen LogP contribution is 2.36. The number of halogens is 4. The second kappa shape index (κ2) is 11.2. The Labute approximate surface area is 221 Å². The Morgan fingerprint density at radius 1 is 1.16 bits per heavy atom. The fourth-order valence-electron chi connectivity index (χ4n) is 3.60. The molecule has 0 aliphatic carbocycles. The molecule has 0 spiro atoms. The van der Waals surface area contributed by atoms with E-state index in [9.17, 15) is 26.7 Å². The molecule has 2 heterocycles. The zero-order valence-electron chi connectivity index (χ0n) is 19.9. The van der Waals surface area contributed by atoms with E-state index in [0.717, 1.165) is 18.4 Å². The maximum Gasteiger partial charge on any atom is 0.416 e. The molecule has 0 bridgehead atoms. The van der Waals surface area contributed by atoms with E-state index in [4.69, 9.17) is 16.3 Å². The number of benzene rings is 2. The zero-order chi connectivity index (χ0) is 27.5. The van der Waals surface area contributed by atoms with E-state index in [1.807, 2.05) is 0 Å². The van der Waals surface area contributed by atoms with Crippen LogP contribution < -0.4 is 15.4 Å². The number of aliphatic hydroxyl groups excluding tert-OH is 1. The van der Waals surface area contributed by atoms with Crippen LogP contribution in [0.15, 0.2) is 61.1 Å². The van der Waals surface area contributed by atoms with Gasteiger partial charge in [-0.05, 0) is 42.5 Å². The van der Waals surface area contributed by atoms with Crippen molar-refractivity contribution in [3.63, 3.8) is 0 Å². The first-order valence-electron chi connectivity index (χ1n) is 11.2. The first-order valence-corrected chi connectivity index (χ1v) is 13.6. The number of hydrogen-bond donors (Lipinski definition) is 3. The van der Waals surface area contributed by atoms with Gasteiger partial charge < -0.3 is 19.7 Å². The van der Waals surface area contributed by atoms with Crippen LogP contribution in [0.25, 0.3) is 11.0 Å². The SMILES string of the molecule is CS(=O)(=O)CCNC(O)Cn1ccc2ncnc(Nc3ccc(Oc4cccc(C(F)(F)F)c4)c(Cl)c3)c21. The second-order valence-corrected chi connectivity index (χ2v) is 11.1. The Hall–Kier alpha value is -3.39. The van der Waals surface area contributed by atoms with Crippen molar-refractivity contribution in [2.45, 2.75) is 18.9 Å². The Kier molecular flexibility index (Phi) is 8.11. The first kappa shape index (κ1) is 27.6. The predicted octanol–water partition coefficient (Wildman–Crippen LogP) is 4.59. The molecule has 0 aliphatic rings. The molecular weight excluding hydrogens is 547 g/mol. The monoisotopic (exact) mass is 569 g/mol. The molecule has 1 atom stereocenters. The second-order valence-electron chi connectivity index (χ2n) is 8.42. The molecule has 3 N–H and O–H groups in total. The highest BCUT2D eigenvalue weighted by molar-refractivity contribution is 7.90. The Balaban J connectivity index is 1.50. The lowest BCUT2D eigenvalue weighted by Gasteiger charge is -2.16. The fraction of sp³-hybridized carbons (Fsp3) is 0.250. The summed E-state index contributed by atoms with van der Waals surface area (Å²) in [5.74, 6) is 0.448. The lowest BCUT2D eigenvalue weighted by Crippen LogP contribution is -2.36. The van der Waals surface area contributed by atoms with Crippen molar-refractivity contribution in [1.82, 2.24) is 19.9 Å². The number of nitrogens with zero attached hydrogens (tertiary/aromatic N) is 3. The average Bonchev–Trinajstić information content (AvgIpc) is 3.23. The van der Waals surface area contributed by atoms with Crippen LogP contribution in [-0.2, 0) is 22.6 Å². The quantitative estimate of drug-likeness (QED) is 0.237. The lowest BCUT2D eigenvalue weighted by atomic mass is 10.2. The van der Waals surface area contributed by atoms with Gasteiger partial charge in [-0.25, -0.2) is 18.4 Å². The number of anilines is 2. The van der Waals surface area contributed by atoms with Crippen molar-refractivity contribution in [3.05, 3.63) is 71.6 Å². The van der Waals surface area contributed by atoms with E-state index in [1.54, 1.807) is 22.9 Å². The summed E-state index contributed by atoms with van der Waals surface area (Å²) >= 11 is 6.34. The molecule has 0 radical (unpaired) electrons. The molecule has 0 aliphatic heterocycles. The highest BCUT2D eigenvalue weighted by Gasteiger charge is 2.30. The van der Waals surface area contributed by atoms with Crippen LogP contribution in [0.3, 0.4) is 0 Å². The average molecular weight is 570 g/mol. The third-order valence-electron chi connectivity index (χ3n) is 5.36. The Bertz CT molecular complexity index is 1550. The Morgan fingerprint density at radius 3 is 2.66 bits per heavy atom. The molecule has 38 heavy (non-hydrogen) atoms. The van der Waals surface area contributed by atoms with Crippen molar-refractivity contribution in [2.24, 2.45) is 0 Å². The summed E-state index contributed by atoms with van der Waals surface area (Å²) < 4.78 is 68.8. The van der Waals surface area contributed by atoms with Crippen LogP contribution in [-0.4, -0.2) is 52.8 Å². The van der Waals surface area contributed by atoms with Gasteiger partial charge in [0.15, 0.2) is 5.82 Å². The number of nitrogens with one attached hydrogen (secondary N) is 2. The van der Waals surface area contributed by atoms with E-state index in [1.165, 1.54) is 30.6 Å². The van der Waals surface area contributed by atoms with Crippen LogP contribution in [0.1, 0.15) is 5.56 Å². The summed E-state index contributed by atoms with van der Waals surface area (Å²) in [6, 6.07) is 10.9. The summed E-state index contributed by atoms with van der Waals surface area (Å²) in [4.78, 5) is 8.51. The number of alkyl halides is 3. The minimum absolute atomic E-state index is 0.0125. The summed E-state index contributed by atoms with van der Waals surface area (Å²) in [5, 5.41) is 16.4. The molecule has 0 saturated heterocycles. The minimum atomic E-state index is -4.50. The van der Waals surface area contributed by atoms with Crippen LogP contribution >= 0.6 is 11.6 Å². The predicted molar refractivity (Wildman–Crippen MR) is 138 cm³/mol. The van der Waals surface area contributed by atoms with Gasteiger partial charge in [0, 0.05) is 24.7 Å². The summed E-state index contributed by atoms with van der Waals surface area (Å²) in [7, 11) is -3.17. The first-order chi connectivity index (χ1) is 17.9. The molecule has 9 nitrogen and oxygen atoms in total. The third-order valence-corrected chi connectivity index (χ3v) is 6.60. The summed E-state index contributed by atoms with van der Waals surface area (Å²) in [6.45, 7) is 0.189. The normalized spacial score (nSPS) is 13.0. The van der Waals surface area contributed by atoms with Crippen molar-refractivity contribution < 1.29 is 31.4 Å². The number of aromatic nitrogens is 3. The standard InChI is InChI=1S/C24H23ClF3N5O4S/c1-38(35,36)10-8-29-21(34)13-33-9-7-19-22(33)23(31-14-30-19)32-16-5-6-20(18(25)12-16)37-17-4-2-3-15(11-17)24(26,27)28/h2-7,9,11-12,14,21,29,34H,8,10,13H2,1H3,(H,30,31,32). The van der Waals surface area contributed by atoms with E-state index < -0.39 is 27.8 Å². The topological polar surface area (TPSA) is 118 Å². The van der Waals surface area contributed by atoms with Gasteiger partial charge in [-0.1, -0.05) is 17.7 Å². The van der Waals surface area contributed by atoms with Gasteiger partial charge in [-0.2, -0.15) is 13.2 Å². The van der Waals surface area contributed by atoms with E-state index in [-0.39, 0.29) is 35.4 Å². The molecule has 0 amide bonds. The number of aliphatic hydroxyl groups is 1. The van der Waals surface area contributed by atoms with Crippen molar-refractivity contribution in [2.75, 3.05) is 23.9 Å². The van der Waals surface area contributed by atoms with Crippen molar-refractivity contribution >= 4 is 44.0 Å². The fourth-order valence-corrected chi connectivity index (χ4v) is 4.31. The number of ether oxygens (including phenoxy) is 1. The van der Waals surface area contributed by atoms with Crippen LogP contribution in [0.4, 0.5) is 24.7 Å².